The predicted molar refractivity (Wildman–Crippen MR) is 149 cm³/mol. The van der Waals surface area contributed by atoms with E-state index in [1.807, 2.05) is 6.20 Å². The van der Waals surface area contributed by atoms with Crippen molar-refractivity contribution >= 4 is 39.8 Å². The lowest BCUT2D eigenvalue weighted by Crippen LogP contribution is -2.55. The Morgan fingerprint density at radius 3 is 2.71 bits per heavy atom. The van der Waals surface area contributed by atoms with Crippen LogP contribution in [-0.4, -0.2) is 63.3 Å². The zero-order valence-electron chi connectivity index (χ0n) is 22.8. The van der Waals surface area contributed by atoms with Gasteiger partial charge in [-0.25, -0.2) is 14.4 Å². The number of nitrogens with zero attached hydrogens (tertiary/aromatic N) is 5. The molecule has 3 aromatic rings. The Hall–Kier alpha value is -3.33. The molecular weight excluding hydrogens is 483 g/mol. The minimum atomic E-state index is -1.71. The van der Waals surface area contributed by atoms with Crippen LogP contribution in [0, 0.1) is 5.92 Å². The average Bonchev–Trinajstić information content (AvgIpc) is 2.87. The standard InChI is InChI=1S/C29H37FN6O2/c1-17(2)21-6-7-24(36-15-20(19(36)4)12-18(3)37)23-14-32-27(13-22(21)23)33-26-8-10-31-28(34-26)35-11-9-25(38)29(5,30)16-35/h6-8,10,13-14,17,19-20,25,38H,9,11-12,15-16H2,1-5H3,(H,31,32,33,34)/t19-,20+,25-,29+/m1/s1. The number of piperidine rings is 1. The molecule has 38 heavy (non-hydrogen) atoms. The lowest BCUT2D eigenvalue weighted by Gasteiger charge is -2.48. The van der Waals surface area contributed by atoms with Gasteiger partial charge in [-0.15, -0.1) is 0 Å². The molecule has 0 bridgehead atoms. The molecule has 0 spiro atoms. The van der Waals surface area contributed by atoms with Gasteiger partial charge in [-0.1, -0.05) is 19.9 Å². The highest BCUT2D eigenvalue weighted by molar-refractivity contribution is 5.98. The van der Waals surface area contributed by atoms with Gasteiger partial charge in [0, 0.05) is 54.9 Å². The van der Waals surface area contributed by atoms with Crippen molar-refractivity contribution in [2.75, 3.05) is 34.8 Å². The van der Waals surface area contributed by atoms with Gasteiger partial charge in [0.15, 0.2) is 5.67 Å². The van der Waals surface area contributed by atoms with Crippen molar-refractivity contribution in [2.24, 2.45) is 5.92 Å². The third-order valence-electron chi connectivity index (χ3n) is 8.05. The molecule has 2 saturated heterocycles. The van der Waals surface area contributed by atoms with Crippen molar-refractivity contribution < 1.29 is 14.3 Å². The van der Waals surface area contributed by atoms with Crippen LogP contribution in [0.4, 0.5) is 27.7 Å². The lowest BCUT2D eigenvalue weighted by atomic mass is 9.84. The van der Waals surface area contributed by atoms with Crippen LogP contribution in [0.15, 0.2) is 36.7 Å². The van der Waals surface area contributed by atoms with Gasteiger partial charge in [0.05, 0.1) is 12.6 Å². The molecule has 0 aliphatic carbocycles. The number of halogens is 1. The summed E-state index contributed by atoms with van der Waals surface area (Å²) >= 11 is 0. The summed E-state index contributed by atoms with van der Waals surface area (Å²) in [5, 5.41) is 15.5. The van der Waals surface area contributed by atoms with E-state index < -0.39 is 11.8 Å². The van der Waals surface area contributed by atoms with Crippen LogP contribution in [0.2, 0.25) is 0 Å². The van der Waals surface area contributed by atoms with E-state index in [0.29, 0.717) is 54.8 Å². The van der Waals surface area contributed by atoms with E-state index >= 15 is 0 Å². The topological polar surface area (TPSA) is 94.5 Å². The van der Waals surface area contributed by atoms with Crippen molar-refractivity contribution in [1.82, 2.24) is 15.0 Å². The van der Waals surface area contributed by atoms with Crippen LogP contribution in [-0.2, 0) is 4.79 Å². The molecule has 5 rings (SSSR count). The number of ketones is 1. The van der Waals surface area contributed by atoms with Crippen molar-refractivity contribution in [1.29, 1.82) is 0 Å². The maximum absolute atomic E-state index is 14.7. The van der Waals surface area contributed by atoms with Crippen LogP contribution >= 0.6 is 0 Å². The van der Waals surface area contributed by atoms with Gasteiger partial charge in [-0.3, -0.25) is 0 Å². The van der Waals surface area contributed by atoms with Crippen molar-refractivity contribution in [3.05, 3.63) is 42.2 Å². The Kier molecular flexibility index (Phi) is 6.98. The second kappa shape index (κ2) is 10.1. The normalized spacial score (nSPS) is 25.5. The molecular formula is C29H37FN6O2. The number of alkyl halides is 1. The fourth-order valence-electron chi connectivity index (χ4n) is 5.69. The molecule has 2 aromatic heterocycles. The number of aliphatic hydroxyl groups is 1. The van der Waals surface area contributed by atoms with E-state index in [1.54, 1.807) is 24.1 Å². The fraction of sp³-hybridized carbons (Fsp3) is 0.517. The SMILES string of the molecule is CC(=O)C[C@H]1CN(c2ccc(C(C)C)c3cc(Nc4ccnc(N5CC[C@@H](O)[C@@](C)(F)C5)n4)ncc23)[C@@H]1C. The number of rotatable bonds is 7. The highest BCUT2D eigenvalue weighted by atomic mass is 19.1. The summed E-state index contributed by atoms with van der Waals surface area (Å²) in [6, 6.07) is 8.49. The first-order valence-corrected chi connectivity index (χ1v) is 13.4. The molecule has 0 unspecified atom stereocenters. The lowest BCUT2D eigenvalue weighted by molar-refractivity contribution is -0.118. The van der Waals surface area contributed by atoms with Crippen LogP contribution in [0.5, 0.6) is 0 Å². The fourth-order valence-corrected chi connectivity index (χ4v) is 5.69. The van der Waals surface area contributed by atoms with Gasteiger partial charge in [0.2, 0.25) is 5.95 Å². The number of carbonyl (C=O) groups is 1. The number of aromatic nitrogens is 3. The van der Waals surface area contributed by atoms with E-state index in [1.165, 1.54) is 12.5 Å². The van der Waals surface area contributed by atoms with Crippen molar-refractivity contribution in [2.45, 2.75) is 71.2 Å². The molecule has 0 amide bonds. The van der Waals surface area contributed by atoms with E-state index in [0.717, 1.165) is 23.0 Å². The second-order valence-corrected chi connectivity index (χ2v) is 11.4. The minimum absolute atomic E-state index is 0.0363. The van der Waals surface area contributed by atoms with Gasteiger partial charge in [0.1, 0.15) is 17.4 Å². The molecule has 8 nitrogen and oxygen atoms in total. The van der Waals surface area contributed by atoms with Gasteiger partial charge >= 0.3 is 0 Å². The van der Waals surface area contributed by atoms with Crippen LogP contribution in [0.25, 0.3) is 10.8 Å². The highest BCUT2D eigenvalue weighted by Crippen LogP contribution is 2.40. The molecule has 2 fully saturated rings. The molecule has 9 heteroatoms. The van der Waals surface area contributed by atoms with Crippen molar-refractivity contribution in [3.8, 4) is 0 Å². The quantitative estimate of drug-likeness (QED) is 0.450. The van der Waals surface area contributed by atoms with Gasteiger partial charge in [-0.05, 0) is 62.3 Å². The molecule has 2 aliphatic heterocycles. The Morgan fingerprint density at radius 2 is 2.03 bits per heavy atom. The number of aliphatic hydroxyl groups excluding tert-OH is 1. The van der Waals surface area contributed by atoms with Crippen molar-refractivity contribution in [3.63, 3.8) is 0 Å². The van der Waals surface area contributed by atoms with E-state index in [-0.39, 0.29) is 12.3 Å². The number of Topliss-reactive ketones (excluding diaryl/α,β-unsaturated/α-hetero) is 1. The number of hydrogen-bond acceptors (Lipinski definition) is 8. The zero-order chi connectivity index (χ0) is 27.2. The Labute approximate surface area is 223 Å². The van der Waals surface area contributed by atoms with Crippen LogP contribution < -0.4 is 15.1 Å². The largest absolute Gasteiger partial charge is 0.390 e. The smallest absolute Gasteiger partial charge is 0.227 e. The molecule has 4 atom stereocenters. The first kappa shape index (κ1) is 26.3. The zero-order valence-corrected chi connectivity index (χ0v) is 22.8. The van der Waals surface area contributed by atoms with E-state index in [4.69, 9.17) is 4.98 Å². The van der Waals surface area contributed by atoms with Gasteiger partial charge in [-0.2, -0.15) is 4.98 Å². The van der Waals surface area contributed by atoms with E-state index in [9.17, 15) is 14.3 Å². The number of pyridine rings is 1. The Morgan fingerprint density at radius 1 is 1.24 bits per heavy atom. The summed E-state index contributed by atoms with van der Waals surface area (Å²) in [6.45, 7) is 11.0. The van der Waals surface area contributed by atoms with Gasteiger partial charge < -0.3 is 25.0 Å². The summed E-state index contributed by atoms with van der Waals surface area (Å²) in [5.41, 5.74) is 0.664. The molecule has 202 valence electrons. The maximum Gasteiger partial charge on any atom is 0.227 e. The summed E-state index contributed by atoms with van der Waals surface area (Å²) in [4.78, 5) is 29.4. The highest BCUT2D eigenvalue weighted by Gasteiger charge is 2.40. The average molecular weight is 521 g/mol. The third kappa shape index (κ3) is 5.04. The number of anilines is 4. The molecule has 0 saturated carbocycles. The summed E-state index contributed by atoms with van der Waals surface area (Å²) in [6.07, 6.45) is 3.52. The Balaban J connectivity index is 1.41. The number of carbonyl (C=O) groups excluding carboxylic acids is 1. The van der Waals surface area contributed by atoms with Crippen LogP contribution in [0.3, 0.4) is 0 Å². The monoisotopic (exact) mass is 520 g/mol. The first-order valence-electron chi connectivity index (χ1n) is 13.4. The minimum Gasteiger partial charge on any atom is -0.390 e. The molecule has 1 aromatic carbocycles. The maximum atomic E-state index is 14.7. The first-order chi connectivity index (χ1) is 18.0. The van der Waals surface area contributed by atoms with E-state index in [2.05, 4.69) is 59.2 Å². The number of hydrogen-bond donors (Lipinski definition) is 2. The Bertz CT molecular complexity index is 1350. The summed E-state index contributed by atoms with van der Waals surface area (Å²) in [5.74, 6) is 2.60. The third-order valence-corrected chi connectivity index (χ3v) is 8.05. The molecule has 0 radical (unpaired) electrons. The predicted octanol–water partition coefficient (Wildman–Crippen LogP) is 4.99. The number of fused-ring (bicyclic) bond motifs is 1. The summed E-state index contributed by atoms with van der Waals surface area (Å²) in [7, 11) is 0. The number of nitrogens with one attached hydrogen (secondary N) is 1. The summed E-state index contributed by atoms with van der Waals surface area (Å²) < 4.78 is 14.7. The number of benzene rings is 1. The second-order valence-electron chi connectivity index (χ2n) is 11.4. The van der Waals surface area contributed by atoms with Gasteiger partial charge in [0.25, 0.3) is 0 Å². The molecule has 2 N–H and O–H groups in total. The molecule has 2 aliphatic rings. The molecule has 4 heterocycles. The van der Waals surface area contributed by atoms with Crippen LogP contribution in [0.1, 0.15) is 58.9 Å².